The van der Waals surface area contributed by atoms with Crippen LogP contribution in [-0.4, -0.2) is 42.5 Å². The Bertz CT molecular complexity index is 854. The second kappa shape index (κ2) is 8.85. The van der Waals surface area contributed by atoms with Crippen molar-refractivity contribution in [2.75, 3.05) is 26.7 Å². The molecule has 3 aromatic rings. The van der Waals surface area contributed by atoms with Gasteiger partial charge in [0.05, 0.1) is 0 Å². The molecule has 3 rings (SSSR count). The third-order valence-electron chi connectivity index (χ3n) is 4.34. The highest BCUT2D eigenvalue weighted by atomic mass is 32.1. The van der Waals surface area contributed by atoms with E-state index in [1.807, 2.05) is 12.3 Å². The van der Waals surface area contributed by atoms with E-state index in [4.69, 9.17) is 4.99 Å². The summed E-state index contributed by atoms with van der Waals surface area (Å²) in [5.41, 5.74) is 2.00. The number of hydrogen-bond acceptors (Lipinski definition) is 2. The molecule has 0 aliphatic rings. The lowest BCUT2D eigenvalue weighted by molar-refractivity contribution is 0.487. The van der Waals surface area contributed by atoms with Gasteiger partial charge >= 0.3 is 0 Å². The number of thiophene rings is 1. The van der Waals surface area contributed by atoms with Gasteiger partial charge in [-0.05, 0) is 55.0 Å². The number of aliphatic imine (C=N–C) groups is 1. The quantitative estimate of drug-likeness (QED) is 0.485. The number of aromatic nitrogens is 1. The van der Waals surface area contributed by atoms with Crippen LogP contribution in [0, 0.1) is 5.82 Å². The number of fused-ring (bicyclic) bond motifs is 1. The van der Waals surface area contributed by atoms with Crippen molar-refractivity contribution in [1.29, 1.82) is 0 Å². The number of guanidine groups is 1. The van der Waals surface area contributed by atoms with Crippen LogP contribution >= 0.6 is 11.3 Å². The van der Waals surface area contributed by atoms with Crippen molar-refractivity contribution in [2.45, 2.75) is 19.8 Å². The summed E-state index contributed by atoms with van der Waals surface area (Å²) in [6.07, 6.45) is 3.79. The van der Waals surface area contributed by atoms with Crippen molar-refractivity contribution in [3.05, 3.63) is 58.2 Å². The summed E-state index contributed by atoms with van der Waals surface area (Å²) in [5.74, 6) is 0.709. The Morgan fingerprint density at radius 2 is 2.19 bits per heavy atom. The lowest BCUT2D eigenvalue weighted by Gasteiger charge is -2.21. The van der Waals surface area contributed by atoms with Crippen molar-refractivity contribution in [2.24, 2.45) is 4.99 Å². The molecule has 0 saturated carbocycles. The average molecular weight is 373 g/mol. The van der Waals surface area contributed by atoms with E-state index >= 15 is 0 Å². The molecule has 4 nitrogen and oxygen atoms in total. The van der Waals surface area contributed by atoms with Crippen LogP contribution in [0.25, 0.3) is 10.9 Å². The summed E-state index contributed by atoms with van der Waals surface area (Å²) in [4.78, 5) is 11.5. The largest absolute Gasteiger partial charge is 0.361 e. The smallest absolute Gasteiger partial charge is 0.193 e. The second-order valence-electron chi connectivity index (χ2n) is 6.24. The molecule has 0 radical (unpaired) electrons. The predicted molar refractivity (Wildman–Crippen MR) is 109 cm³/mol. The van der Waals surface area contributed by atoms with E-state index in [1.165, 1.54) is 22.6 Å². The molecule has 0 atom stereocenters. The van der Waals surface area contributed by atoms with Crippen molar-refractivity contribution in [3.63, 3.8) is 0 Å². The monoisotopic (exact) mass is 372 g/mol. The maximum Gasteiger partial charge on any atom is 0.193 e. The zero-order chi connectivity index (χ0) is 18.4. The highest BCUT2D eigenvalue weighted by Gasteiger charge is 2.08. The summed E-state index contributed by atoms with van der Waals surface area (Å²) in [6, 6.07) is 9.13. The molecule has 0 unspecified atom stereocenters. The maximum absolute atomic E-state index is 13.3. The fourth-order valence-corrected chi connectivity index (χ4v) is 3.65. The number of aromatic amines is 1. The van der Waals surface area contributed by atoms with Gasteiger partial charge in [0.25, 0.3) is 0 Å². The summed E-state index contributed by atoms with van der Waals surface area (Å²) in [6.45, 7) is 4.54. The van der Waals surface area contributed by atoms with Gasteiger partial charge in [0, 0.05) is 48.7 Å². The molecule has 2 heterocycles. The van der Waals surface area contributed by atoms with E-state index in [9.17, 15) is 4.39 Å². The molecule has 0 bridgehead atoms. The van der Waals surface area contributed by atoms with Gasteiger partial charge < -0.3 is 15.2 Å². The maximum atomic E-state index is 13.3. The Hall–Kier alpha value is -2.34. The predicted octanol–water partition coefficient (Wildman–Crippen LogP) is 4.05. The number of H-pyrrole nitrogens is 1. The Balaban J connectivity index is 1.60. The van der Waals surface area contributed by atoms with Crippen molar-refractivity contribution in [1.82, 2.24) is 15.2 Å². The first-order valence-corrected chi connectivity index (χ1v) is 9.82. The molecule has 2 aromatic heterocycles. The number of likely N-dealkylation sites (N-methyl/N-ethyl adjacent to an activating group) is 1. The van der Waals surface area contributed by atoms with Gasteiger partial charge in [0.1, 0.15) is 5.82 Å². The molecular weight excluding hydrogens is 347 g/mol. The molecule has 6 heteroatoms. The number of hydrogen-bond donors (Lipinski definition) is 2. The molecule has 1 aromatic carbocycles. The zero-order valence-electron chi connectivity index (χ0n) is 15.3. The van der Waals surface area contributed by atoms with Gasteiger partial charge in [0.15, 0.2) is 5.96 Å². The number of rotatable bonds is 7. The molecule has 0 aliphatic carbocycles. The summed E-state index contributed by atoms with van der Waals surface area (Å²) < 4.78 is 13.3. The van der Waals surface area contributed by atoms with Crippen LogP contribution in [0.3, 0.4) is 0 Å². The molecule has 138 valence electrons. The Morgan fingerprint density at radius 1 is 1.31 bits per heavy atom. The summed E-state index contributed by atoms with van der Waals surface area (Å²) >= 11 is 1.79. The first-order chi connectivity index (χ1) is 12.7. The van der Waals surface area contributed by atoms with Gasteiger partial charge in [-0.2, -0.15) is 0 Å². The summed E-state index contributed by atoms with van der Waals surface area (Å²) in [7, 11) is 2.07. The average Bonchev–Trinajstić information content (AvgIpc) is 3.28. The molecule has 0 amide bonds. The molecule has 0 saturated heterocycles. The van der Waals surface area contributed by atoms with Crippen molar-refractivity contribution in [3.8, 4) is 0 Å². The fourth-order valence-electron chi connectivity index (χ4n) is 2.96. The third-order valence-corrected chi connectivity index (χ3v) is 5.28. The first kappa shape index (κ1) is 18.5. The highest BCUT2D eigenvalue weighted by molar-refractivity contribution is 7.09. The van der Waals surface area contributed by atoms with Crippen LogP contribution in [0.2, 0.25) is 0 Å². The van der Waals surface area contributed by atoms with Gasteiger partial charge in [-0.1, -0.05) is 6.07 Å². The molecule has 2 N–H and O–H groups in total. The second-order valence-corrected chi connectivity index (χ2v) is 7.27. The molecule has 0 fully saturated rings. The molecule has 26 heavy (non-hydrogen) atoms. The van der Waals surface area contributed by atoms with Crippen molar-refractivity contribution < 1.29 is 4.39 Å². The van der Waals surface area contributed by atoms with E-state index in [-0.39, 0.29) is 5.82 Å². The Morgan fingerprint density at radius 3 is 2.96 bits per heavy atom. The lowest BCUT2D eigenvalue weighted by Crippen LogP contribution is -2.40. The number of benzene rings is 1. The van der Waals surface area contributed by atoms with Gasteiger partial charge in [-0.3, -0.25) is 4.99 Å². The van der Waals surface area contributed by atoms with E-state index in [0.29, 0.717) is 6.54 Å². The molecular formula is C20H25FN4S. The number of nitrogens with zero attached hydrogens (tertiary/aromatic N) is 2. The first-order valence-electron chi connectivity index (χ1n) is 8.94. The minimum absolute atomic E-state index is 0.217. The minimum Gasteiger partial charge on any atom is -0.361 e. The van der Waals surface area contributed by atoms with E-state index in [1.54, 1.807) is 11.3 Å². The SMILES string of the molecule is CCNC(=NCCc1c[nH]c2cc(F)ccc12)N(C)CCc1cccs1. The van der Waals surface area contributed by atoms with Gasteiger partial charge in [-0.25, -0.2) is 4.39 Å². The minimum atomic E-state index is -0.217. The summed E-state index contributed by atoms with van der Waals surface area (Å²) in [5, 5.41) is 6.54. The third kappa shape index (κ3) is 4.64. The van der Waals surface area contributed by atoms with Crippen LogP contribution in [0.5, 0.6) is 0 Å². The Labute approximate surface area is 157 Å². The standard InChI is InChI=1S/C20H25FN4S/c1-3-22-20(25(2)11-9-17-5-4-12-26-17)23-10-8-15-14-24-19-13-16(21)6-7-18(15)19/h4-7,12-14,24H,3,8-11H2,1-2H3,(H,22,23). The van der Waals surface area contributed by atoms with Crippen LogP contribution in [-0.2, 0) is 12.8 Å². The number of nitrogens with one attached hydrogen (secondary N) is 2. The van der Waals surface area contributed by atoms with Crippen LogP contribution in [0.15, 0.2) is 46.9 Å². The number of halogens is 1. The lowest BCUT2D eigenvalue weighted by atomic mass is 10.1. The van der Waals surface area contributed by atoms with Gasteiger partial charge in [0.2, 0.25) is 0 Å². The van der Waals surface area contributed by atoms with Crippen LogP contribution in [0.4, 0.5) is 4.39 Å². The highest BCUT2D eigenvalue weighted by Crippen LogP contribution is 2.19. The molecule has 0 aliphatic heterocycles. The van der Waals surface area contributed by atoms with Gasteiger partial charge in [-0.15, -0.1) is 11.3 Å². The van der Waals surface area contributed by atoms with E-state index < -0.39 is 0 Å². The zero-order valence-corrected chi connectivity index (χ0v) is 16.1. The van der Waals surface area contributed by atoms with Crippen LogP contribution in [0.1, 0.15) is 17.4 Å². The van der Waals surface area contributed by atoms with E-state index in [2.05, 4.69) is 46.7 Å². The topological polar surface area (TPSA) is 43.4 Å². The van der Waals surface area contributed by atoms with Crippen molar-refractivity contribution >= 4 is 28.2 Å². The molecule has 0 spiro atoms. The fraction of sp³-hybridized carbons (Fsp3) is 0.350. The normalized spacial score (nSPS) is 11.9. The van der Waals surface area contributed by atoms with Crippen LogP contribution < -0.4 is 5.32 Å². The Kier molecular flexibility index (Phi) is 6.28. The van der Waals surface area contributed by atoms with E-state index in [0.717, 1.165) is 42.8 Å².